The molecule has 0 bridgehead atoms. The fraction of sp³-hybridized carbons (Fsp3) is 0.154. The van der Waals surface area contributed by atoms with Crippen LogP contribution in [0.4, 0.5) is 14.6 Å². The molecule has 0 saturated carbocycles. The third kappa shape index (κ3) is 3.01. The molecule has 1 atom stereocenters. The summed E-state index contributed by atoms with van der Waals surface area (Å²) < 4.78 is 26.4. The van der Waals surface area contributed by atoms with Gasteiger partial charge in [0.15, 0.2) is 0 Å². The molecule has 0 aliphatic carbocycles. The van der Waals surface area contributed by atoms with Crippen molar-refractivity contribution in [1.29, 1.82) is 5.26 Å². The quantitative estimate of drug-likeness (QED) is 0.921. The van der Waals surface area contributed by atoms with Crippen molar-refractivity contribution in [3.8, 4) is 6.07 Å². The smallest absolute Gasteiger partial charge is 0.234 e. The van der Waals surface area contributed by atoms with Gasteiger partial charge in [0.05, 0.1) is 6.04 Å². The van der Waals surface area contributed by atoms with E-state index >= 15 is 0 Å². The summed E-state index contributed by atoms with van der Waals surface area (Å²) >= 11 is 0. The van der Waals surface area contributed by atoms with Gasteiger partial charge in [-0.3, -0.25) is 0 Å². The molecule has 2 aromatic rings. The minimum absolute atomic E-state index is 0.0248. The largest absolute Gasteiger partial charge is 0.363 e. The molecule has 19 heavy (non-hydrogen) atoms. The van der Waals surface area contributed by atoms with Crippen LogP contribution in [0, 0.1) is 23.0 Å². The van der Waals surface area contributed by atoms with E-state index in [1.165, 1.54) is 18.3 Å². The molecular weight excluding hydrogens is 250 g/mol. The van der Waals surface area contributed by atoms with Crippen molar-refractivity contribution < 1.29 is 8.78 Å². The van der Waals surface area contributed by atoms with Crippen LogP contribution in [0.5, 0.6) is 0 Å². The Kier molecular flexibility index (Phi) is 3.66. The molecular formula is C13H10F2N4. The number of hydrogen-bond donors (Lipinski definition) is 1. The molecule has 0 spiro atoms. The van der Waals surface area contributed by atoms with Crippen molar-refractivity contribution in [3.05, 3.63) is 53.5 Å². The van der Waals surface area contributed by atoms with Crippen LogP contribution >= 0.6 is 0 Å². The monoisotopic (exact) mass is 260 g/mol. The molecule has 1 aromatic carbocycles. The minimum Gasteiger partial charge on any atom is -0.363 e. The zero-order chi connectivity index (χ0) is 13.8. The first-order valence-corrected chi connectivity index (χ1v) is 5.55. The third-order valence-corrected chi connectivity index (χ3v) is 2.55. The second kappa shape index (κ2) is 5.40. The van der Waals surface area contributed by atoms with Gasteiger partial charge in [-0.2, -0.15) is 5.26 Å². The summed E-state index contributed by atoms with van der Waals surface area (Å²) in [5.74, 6) is -0.823. The molecule has 0 saturated heterocycles. The standard InChI is InChI=1S/C13H10F2N4/c1-8(10-3-2-9(14)6-11(10)15)18-12-4-5-17-13(7-16)19-12/h2-6,8H,1H3,(H,17,18,19). The highest BCUT2D eigenvalue weighted by atomic mass is 19.1. The molecule has 0 fully saturated rings. The molecule has 1 unspecified atom stereocenters. The lowest BCUT2D eigenvalue weighted by Gasteiger charge is -2.15. The molecule has 0 amide bonds. The lowest BCUT2D eigenvalue weighted by Crippen LogP contribution is -2.10. The van der Waals surface area contributed by atoms with E-state index in [0.717, 1.165) is 6.07 Å². The van der Waals surface area contributed by atoms with E-state index in [1.807, 2.05) is 6.07 Å². The summed E-state index contributed by atoms with van der Waals surface area (Å²) in [5, 5.41) is 11.6. The normalized spacial score (nSPS) is 11.7. The number of nitrogens with zero attached hydrogens (tertiary/aromatic N) is 3. The fourth-order valence-electron chi connectivity index (χ4n) is 1.65. The Morgan fingerprint density at radius 3 is 2.79 bits per heavy atom. The van der Waals surface area contributed by atoms with Gasteiger partial charge in [-0.25, -0.2) is 18.7 Å². The summed E-state index contributed by atoms with van der Waals surface area (Å²) in [4.78, 5) is 7.66. The maximum absolute atomic E-state index is 13.6. The van der Waals surface area contributed by atoms with Gasteiger partial charge in [0.25, 0.3) is 0 Å². The zero-order valence-electron chi connectivity index (χ0n) is 10.1. The molecule has 2 rings (SSSR count). The first-order valence-electron chi connectivity index (χ1n) is 5.55. The average molecular weight is 260 g/mol. The zero-order valence-corrected chi connectivity index (χ0v) is 10.1. The van der Waals surface area contributed by atoms with Crippen LogP contribution in [-0.4, -0.2) is 9.97 Å². The van der Waals surface area contributed by atoms with E-state index in [-0.39, 0.29) is 5.82 Å². The number of aromatic nitrogens is 2. The van der Waals surface area contributed by atoms with Crippen molar-refractivity contribution in [2.75, 3.05) is 5.32 Å². The predicted molar refractivity (Wildman–Crippen MR) is 65.1 cm³/mol. The van der Waals surface area contributed by atoms with Crippen LogP contribution in [0.25, 0.3) is 0 Å². The van der Waals surface area contributed by atoms with Crippen LogP contribution in [0.1, 0.15) is 24.4 Å². The van der Waals surface area contributed by atoms with Gasteiger partial charge in [-0.1, -0.05) is 6.07 Å². The van der Waals surface area contributed by atoms with Crippen molar-refractivity contribution >= 4 is 5.82 Å². The van der Waals surface area contributed by atoms with Gasteiger partial charge >= 0.3 is 0 Å². The minimum atomic E-state index is -0.630. The van der Waals surface area contributed by atoms with E-state index < -0.39 is 17.7 Å². The average Bonchev–Trinajstić information content (AvgIpc) is 2.38. The maximum Gasteiger partial charge on any atom is 0.234 e. The highest BCUT2D eigenvalue weighted by Gasteiger charge is 2.12. The topological polar surface area (TPSA) is 61.6 Å². The molecule has 1 N–H and O–H groups in total. The van der Waals surface area contributed by atoms with Gasteiger partial charge in [0.2, 0.25) is 5.82 Å². The van der Waals surface area contributed by atoms with Gasteiger partial charge in [-0.05, 0) is 19.1 Å². The van der Waals surface area contributed by atoms with Crippen molar-refractivity contribution in [2.24, 2.45) is 0 Å². The molecule has 0 aliphatic rings. The van der Waals surface area contributed by atoms with Crippen LogP contribution in [0.15, 0.2) is 30.5 Å². The van der Waals surface area contributed by atoms with E-state index in [4.69, 9.17) is 5.26 Å². The predicted octanol–water partition coefficient (Wildman–Crippen LogP) is 2.80. The van der Waals surface area contributed by atoms with Crippen LogP contribution in [-0.2, 0) is 0 Å². The highest BCUT2D eigenvalue weighted by Crippen LogP contribution is 2.21. The lowest BCUT2D eigenvalue weighted by atomic mass is 10.1. The first kappa shape index (κ1) is 12.9. The number of anilines is 1. The van der Waals surface area contributed by atoms with Crippen LogP contribution < -0.4 is 5.32 Å². The van der Waals surface area contributed by atoms with Crippen LogP contribution in [0.2, 0.25) is 0 Å². The Morgan fingerprint density at radius 2 is 2.11 bits per heavy atom. The Hall–Kier alpha value is -2.55. The van der Waals surface area contributed by atoms with Crippen molar-refractivity contribution in [1.82, 2.24) is 9.97 Å². The summed E-state index contributed by atoms with van der Waals surface area (Å²) in [6, 6.07) is 6.36. The summed E-state index contributed by atoms with van der Waals surface area (Å²) in [6.45, 7) is 1.71. The molecule has 0 aliphatic heterocycles. The lowest BCUT2D eigenvalue weighted by molar-refractivity contribution is 0.566. The first-order chi connectivity index (χ1) is 9.10. The maximum atomic E-state index is 13.6. The van der Waals surface area contributed by atoms with Gasteiger partial charge in [0, 0.05) is 17.8 Å². The Labute approximate surface area is 108 Å². The molecule has 4 nitrogen and oxygen atoms in total. The number of hydrogen-bond acceptors (Lipinski definition) is 4. The fourth-order valence-corrected chi connectivity index (χ4v) is 1.65. The third-order valence-electron chi connectivity index (χ3n) is 2.55. The second-order valence-electron chi connectivity index (χ2n) is 3.91. The van der Waals surface area contributed by atoms with E-state index in [0.29, 0.717) is 11.4 Å². The molecule has 1 heterocycles. The van der Waals surface area contributed by atoms with E-state index in [9.17, 15) is 8.78 Å². The Bertz CT molecular complexity index is 637. The molecule has 1 aromatic heterocycles. The number of nitrogens with one attached hydrogen (secondary N) is 1. The number of rotatable bonds is 3. The number of benzene rings is 1. The molecule has 0 radical (unpaired) electrons. The van der Waals surface area contributed by atoms with E-state index in [2.05, 4.69) is 15.3 Å². The Morgan fingerprint density at radius 1 is 1.32 bits per heavy atom. The van der Waals surface area contributed by atoms with Gasteiger partial charge < -0.3 is 5.32 Å². The summed E-state index contributed by atoms with van der Waals surface area (Å²) in [6.07, 6.45) is 1.43. The molecule has 6 heteroatoms. The summed E-state index contributed by atoms with van der Waals surface area (Å²) in [7, 11) is 0. The number of nitriles is 1. The van der Waals surface area contributed by atoms with E-state index in [1.54, 1.807) is 13.0 Å². The van der Waals surface area contributed by atoms with Gasteiger partial charge in [0.1, 0.15) is 23.5 Å². The number of halogens is 2. The summed E-state index contributed by atoms with van der Waals surface area (Å²) in [5.41, 5.74) is 0.318. The van der Waals surface area contributed by atoms with Crippen molar-refractivity contribution in [2.45, 2.75) is 13.0 Å². The highest BCUT2D eigenvalue weighted by molar-refractivity contribution is 5.39. The van der Waals surface area contributed by atoms with Crippen LogP contribution in [0.3, 0.4) is 0 Å². The van der Waals surface area contributed by atoms with Crippen molar-refractivity contribution in [3.63, 3.8) is 0 Å². The molecule has 96 valence electrons. The SMILES string of the molecule is CC(Nc1ccnc(C#N)n1)c1ccc(F)cc1F. The Balaban J connectivity index is 2.20. The second-order valence-corrected chi connectivity index (χ2v) is 3.91. The van der Waals surface area contributed by atoms with Gasteiger partial charge in [-0.15, -0.1) is 0 Å².